The second-order valence-electron chi connectivity index (χ2n) is 6.51. The number of hydrogen-bond acceptors (Lipinski definition) is 2. The fourth-order valence-electron chi connectivity index (χ4n) is 2.71. The highest BCUT2D eigenvalue weighted by molar-refractivity contribution is 9.10. The molecule has 0 spiro atoms. The number of carbonyl (C=O) groups is 1. The second-order valence-corrected chi connectivity index (χ2v) is 7.37. The molecule has 0 radical (unpaired) electrons. The lowest BCUT2D eigenvalue weighted by molar-refractivity contribution is 0.0933. The van der Waals surface area contributed by atoms with E-state index in [2.05, 4.69) is 35.1 Å². The number of nitrogens with one attached hydrogen (secondary N) is 1. The van der Waals surface area contributed by atoms with Crippen LogP contribution in [0.5, 0.6) is 5.75 Å². The third-order valence-corrected chi connectivity index (χ3v) is 4.58. The largest absolute Gasteiger partial charge is 0.492 e. The van der Waals surface area contributed by atoms with E-state index in [0.29, 0.717) is 24.1 Å². The van der Waals surface area contributed by atoms with Crippen molar-refractivity contribution in [2.45, 2.75) is 58.4 Å². The van der Waals surface area contributed by atoms with Crippen LogP contribution in [0.4, 0.5) is 0 Å². The van der Waals surface area contributed by atoms with Gasteiger partial charge in [0.05, 0.1) is 11.1 Å². The van der Waals surface area contributed by atoms with E-state index in [0.717, 1.165) is 23.1 Å². The zero-order chi connectivity index (χ0) is 15.9. The number of halogens is 1. The standard InChI is InChI=1S/C18H26BrNO2/c1-13(2)12-22-17-10-9-14(11-16(17)19)18(21)20-15-7-5-3-4-6-8-15/h9-11,13,15H,3-8,12H2,1-2H3,(H,20,21). The smallest absolute Gasteiger partial charge is 0.251 e. The Labute approximate surface area is 141 Å². The number of carbonyl (C=O) groups excluding carboxylic acids is 1. The topological polar surface area (TPSA) is 38.3 Å². The minimum absolute atomic E-state index is 0.0167. The summed E-state index contributed by atoms with van der Waals surface area (Å²) in [6, 6.07) is 5.88. The van der Waals surface area contributed by atoms with Crippen molar-refractivity contribution in [2.75, 3.05) is 6.61 Å². The Hall–Kier alpha value is -1.03. The number of rotatable bonds is 5. The summed E-state index contributed by atoms with van der Waals surface area (Å²) in [6.45, 7) is 4.90. The summed E-state index contributed by atoms with van der Waals surface area (Å²) < 4.78 is 6.56. The molecule has 0 atom stereocenters. The first-order valence-electron chi connectivity index (χ1n) is 8.29. The van der Waals surface area contributed by atoms with Crippen LogP contribution in [-0.2, 0) is 0 Å². The van der Waals surface area contributed by atoms with Gasteiger partial charge in [0.1, 0.15) is 5.75 Å². The average molecular weight is 368 g/mol. The third kappa shape index (κ3) is 5.31. The Morgan fingerprint density at radius 2 is 1.95 bits per heavy atom. The molecule has 1 aliphatic rings. The van der Waals surface area contributed by atoms with E-state index in [1.54, 1.807) is 0 Å². The fourth-order valence-corrected chi connectivity index (χ4v) is 3.20. The molecule has 122 valence electrons. The van der Waals surface area contributed by atoms with Crippen LogP contribution in [0.1, 0.15) is 62.7 Å². The van der Waals surface area contributed by atoms with Crippen LogP contribution in [0.25, 0.3) is 0 Å². The quantitative estimate of drug-likeness (QED) is 0.748. The monoisotopic (exact) mass is 367 g/mol. The molecule has 1 fully saturated rings. The molecule has 0 aromatic heterocycles. The van der Waals surface area contributed by atoms with E-state index in [4.69, 9.17) is 4.74 Å². The van der Waals surface area contributed by atoms with Crippen molar-refractivity contribution in [1.29, 1.82) is 0 Å². The van der Waals surface area contributed by atoms with E-state index in [9.17, 15) is 4.79 Å². The first-order chi connectivity index (χ1) is 10.6. The Bertz CT molecular complexity index is 494. The van der Waals surface area contributed by atoms with Gasteiger partial charge >= 0.3 is 0 Å². The van der Waals surface area contributed by atoms with Crippen LogP contribution in [-0.4, -0.2) is 18.6 Å². The van der Waals surface area contributed by atoms with Crippen molar-refractivity contribution in [1.82, 2.24) is 5.32 Å². The number of ether oxygens (including phenoxy) is 1. The van der Waals surface area contributed by atoms with Gasteiger partial charge in [-0.1, -0.05) is 39.5 Å². The first kappa shape index (κ1) is 17.3. The average Bonchev–Trinajstić information content (AvgIpc) is 2.74. The maximum Gasteiger partial charge on any atom is 0.251 e. The van der Waals surface area contributed by atoms with Gasteiger partial charge in [-0.05, 0) is 52.9 Å². The third-order valence-electron chi connectivity index (χ3n) is 3.96. The minimum atomic E-state index is 0.0167. The lowest BCUT2D eigenvalue weighted by Gasteiger charge is -2.17. The van der Waals surface area contributed by atoms with Crippen LogP contribution in [0.2, 0.25) is 0 Å². The predicted octanol–water partition coefficient (Wildman–Crippen LogP) is 4.94. The Morgan fingerprint density at radius 1 is 1.27 bits per heavy atom. The van der Waals surface area contributed by atoms with Gasteiger partial charge in [-0.3, -0.25) is 4.79 Å². The molecule has 1 aromatic rings. The molecule has 0 bridgehead atoms. The number of amides is 1. The molecule has 1 N–H and O–H groups in total. The maximum absolute atomic E-state index is 12.4. The molecule has 22 heavy (non-hydrogen) atoms. The molecule has 0 unspecified atom stereocenters. The molecule has 0 heterocycles. The summed E-state index contributed by atoms with van der Waals surface area (Å²) in [5, 5.41) is 3.17. The van der Waals surface area contributed by atoms with Crippen LogP contribution in [0.15, 0.2) is 22.7 Å². The van der Waals surface area contributed by atoms with Gasteiger partial charge in [0, 0.05) is 11.6 Å². The van der Waals surface area contributed by atoms with E-state index < -0.39 is 0 Å². The van der Waals surface area contributed by atoms with Crippen molar-refractivity contribution in [3.05, 3.63) is 28.2 Å². The summed E-state index contributed by atoms with van der Waals surface area (Å²) in [4.78, 5) is 12.4. The van der Waals surface area contributed by atoms with Crippen molar-refractivity contribution in [3.8, 4) is 5.75 Å². The number of benzene rings is 1. The summed E-state index contributed by atoms with van der Waals surface area (Å²) in [7, 11) is 0. The fraction of sp³-hybridized carbons (Fsp3) is 0.611. The molecule has 2 rings (SSSR count). The summed E-state index contributed by atoms with van der Waals surface area (Å²) in [5.74, 6) is 1.29. The van der Waals surface area contributed by atoms with Crippen molar-refractivity contribution in [3.63, 3.8) is 0 Å². The minimum Gasteiger partial charge on any atom is -0.492 e. The Balaban J connectivity index is 1.96. The van der Waals surface area contributed by atoms with Gasteiger partial charge in [0.2, 0.25) is 0 Å². The molecule has 4 heteroatoms. The molecule has 1 amide bonds. The van der Waals surface area contributed by atoms with Crippen molar-refractivity contribution in [2.24, 2.45) is 5.92 Å². The van der Waals surface area contributed by atoms with E-state index in [-0.39, 0.29) is 5.91 Å². The van der Waals surface area contributed by atoms with Gasteiger partial charge in [-0.2, -0.15) is 0 Å². The van der Waals surface area contributed by atoms with Crippen LogP contribution in [0.3, 0.4) is 0 Å². The van der Waals surface area contributed by atoms with E-state index in [1.807, 2.05) is 18.2 Å². The molecule has 0 saturated heterocycles. The zero-order valence-corrected chi connectivity index (χ0v) is 15.1. The van der Waals surface area contributed by atoms with Gasteiger partial charge in [0.25, 0.3) is 5.91 Å². The first-order valence-corrected chi connectivity index (χ1v) is 9.09. The highest BCUT2D eigenvalue weighted by Gasteiger charge is 2.16. The van der Waals surface area contributed by atoms with Gasteiger partial charge in [-0.25, -0.2) is 0 Å². The summed E-state index contributed by atoms with van der Waals surface area (Å²) in [5.41, 5.74) is 0.688. The highest BCUT2D eigenvalue weighted by Crippen LogP contribution is 2.27. The summed E-state index contributed by atoms with van der Waals surface area (Å²) >= 11 is 3.50. The molecular weight excluding hydrogens is 342 g/mol. The molecule has 3 nitrogen and oxygen atoms in total. The van der Waals surface area contributed by atoms with E-state index in [1.165, 1.54) is 25.7 Å². The van der Waals surface area contributed by atoms with E-state index >= 15 is 0 Å². The SMILES string of the molecule is CC(C)COc1ccc(C(=O)NC2CCCCCC2)cc1Br. The van der Waals surface area contributed by atoms with Gasteiger partial charge < -0.3 is 10.1 Å². The normalized spacial score (nSPS) is 16.4. The predicted molar refractivity (Wildman–Crippen MR) is 93.4 cm³/mol. The molecule has 1 aliphatic carbocycles. The maximum atomic E-state index is 12.4. The van der Waals surface area contributed by atoms with Crippen LogP contribution in [0, 0.1) is 5.92 Å². The zero-order valence-electron chi connectivity index (χ0n) is 13.5. The number of hydrogen-bond donors (Lipinski definition) is 1. The highest BCUT2D eigenvalue weighted by atomic mass is 79.9. The lowest BCUT2D eigenvalue weighted by atomic mass is 10.1. The Kier molecular flexibility index (Phi) is 6.74. The summed E-state index contributed by atoms with van der Waals surface area (Å²) in [6.07, 6.45) is 7.22. The van der Waals surface area contributed by atoms with Crippen LogP contribution < -0.4 is 10.1 Å². The van der Waals surface area contributed by atoms with Gasteiger partial charge in [-0.15, -0.1) is 0 Å². The molecule has 0 aliphatic heterocycles. The van der Waals surface area contributed by atoms with Gasteiger partial charge in [0.15, 0.2) is 0 Å². The van der Waals surface area contributed by atoms with Crippen LogP contribution >= 0.6 is 15.9 Å². The second kappa shape index (κ2) is 8.56. The molecular formula is C18H26BrNO2. The van der Waals surface area contributed by atoms with Crippen molar-refractivity contribution < 1.29 is 9.53 Å². The lowest BCUT2D eigenvalue weighted by Crippen LogP contribution is -2.34. The Morgan fingerprint density at radius 3 is 2.55 bits per heavy atom. The van der Waals surface area contributed by atoms with Crippen molar-refractivity contribution >= 4 is 21.8 Å². The molecule has 1 aromatic carbocycles. The molecule has 1 saturated carbocycles.